The molecule has 2 amide bonds. The van der Waals surface area contributed by atoms with Gasteiger partial charge < -0.3 is 5.73 Å². The molecular formula is C11H15N3OS. The van der Waals surface area contributed by atoms with Crippen molar-refractivity contribution in [1.29, 1.82) is 0 Å². The van der Waals surface area contributed by atoms with E-state index in [0.29, 0.717) is 5.92 Å². The van der Waals surface area contributed by atoms with Crippen LogP contribution >= 0.6 is 11.3 Å². The average molecular weight is 237 g/mol. The molecule has 0 bridgehead atoms. The molecule has 1 aliphatic rings. The fraction of sp³-hybridized carbons (Fsp3) is 0.455. The fourth-order valence-electron chi connectivity index (χ4n) is 1.94. The van der Waals surface area contributed by atoms with Crippen molar-refractivity contribution in [3.05, 3.63) is 21.9 Å². The van der Waals surface area contributed by atoms with Crippen molar-refractivity contribution in [2.24, 2.45) is 16.8 Å². The lowest BCUT2D eigenvalue weighted by atomic mass is 10.0. The number of hydrogen-bond donors (Lipinski definition) is 2. The number of fused-ring (bicyclic) bond motifs is 1. The first-order valence-corrected chi connectivity index (χ1v) is 6.23. The maximum absolute atomic E-state index is 10.7. The smallest absolute Gasteiger partial charge is 0.332 e. The first-order chi connectivity index (χ1) is 7.66. The zero-order valence-corrected chi connectivity index (χ0v) is 10.0. The molecule has 1 aromatic heterocycles. The predicted molar refractivity (Wildman–Crippen MR) is 65.7 cm³/mol. The maximum Gasteiger partial charge on any atom is 0.332 e. The Morgan fingerprint density at radius 3 is 3.25 bits per heavy atom. The standard InChI is InChI=1S/C11H15N3OS/c1-7-2-3-10-8(4-5-16-10)9(6-7)13-14-11(12)15/h4-5,7H,2-3,6H2,1H3,(H3,12,14,15)/b13-9-. The Balaban J connectivity index is 2.28. The van der Waals surface area contributed by atoms with Crippen molar-refractivity contribution in [2.45, 2.75) is 26.2 Å². The summed E-state index contributed by atoms with van der Waals surface area (Å²) in [5, 5.41) is 6.18. The highest BCUT2D eigenvalue weighted by Crippen LogP contribution is 2.28. The van der Waals surface area contributed by atoms with Gasteiger partial charge in [-0.25, -0.2) is 10.2 Å². The molecule has 0 aromatic carbocycles. The highest BCUT2D eigenvalue weighted by molar-refractivity contribution is 7.10. The van der Waals surface area contributed by atoms with Crippen LogP contribution in [0.1, 0.15) is 30.2 Å². The second-order valence-electron chi connectivity index (χ2n) is 4.14. The summed E-state index contributed by atoms with van der Waals surface area (Å²) in [4.78, 5) is 12.0. The van der Waals surface area contributed by atoms with Crippen LogP contribution in [0.4, 0.5) is 4.79 Å². The van der Waals surface area contributed by atoms with Gasteiger partial charge in [0.15, 0.2) is 0 Å². The fourth-order valence-corrected chi connectivity index (χ4v) is 2.86. The van der Waals surface area contributed by atoms with E-state index in [2.05, 4.69) is 28.9 Å². The molecule has 2 rings (SSSR count). The molecule has 86 valence electrons. The number of nitrogens with zero attached hydrogens (tertiary/aromatic N) is 1. The van der Waals surface area contributed by atoms with Crippen molar-refractivity contribution in [3.8, 4) is 0 Å². The molecule has 1 heterocycles. The number of carbonyl (C=O) groups is 1. The molecule has 1 atom stereocenters. The molecule has 0 saturated carbocycles. The van der Waals surface area contributed by atoms with Crippen LogP contribution in [0.5, 0.6) is 0 Å². The number of amides is 2. The van der Waals surface area contributed by atoms with Crippen LogP contribution in [-0.2, 0) is 6.42 Å². The molecule has 1 unspecified atom stereocenters. The van der Waals surface area contributed by atoms with E-state index in [1.54, 1.807) is 11.3 Å². The Bertz CT molecular complexity index is 425. The van der Waals surface area contributed by atoms with Crippen LogP contribution in [0.3, 0.4) is 0 Å². The van der Waals surface area contributed by atoms with Gasteiger partial charge in [-0.3, -0.25) is 0 Å². The van der Waals surface area contributed by atoms with E-state index in [9.17, 15) is 4.79 Å². The second-order valence-corrected chi connectivity index (χ2v) is 5.14. The maximum atomic E-state index is 10.7. The SMILES string of the molecule is CC1CCc2sccc2/C(=N\NC(N)=O)C1. The number of hydrazone groups is 1. The van der Waals surface area contributed by atoms with E-state index in [1.165, 1.54) is 16.9 Å². The van der Waals surface area contributed by atoms with Gasteiger partial charge in [0.25, 0.3) is 0 Å². The van der Waals surface area contributed by atoms with Crippen molar-refractivity contribution < 1.29 is 4.79 Å². The summed E-state index contributed by atoms with van der Waals surface area (Å²) in [6.45, 7) is 2.20. The number of thiophene rings is 1. The first kappa shape index (κ1) is 11.1. The van der Waals surface area contributed by atoms with E-state index in [-0.39, 0.29) is 0 Å². The molecule has 0 aliphatic heterocycles. The minimum Gasteiger partial charge on any atom is -0.350 e. The summed E-state index contributed by atoms with van der Waals surface area (Å²) in [6.07, 6.45) is 3.16. The Morgan fingerprint density at radius 2 is 2.50 bits per heavy atom. The van der Waals surface area contributed by atoms with Gasteiger partial charge in [-0.15, -0.1) is 11.3 Å². The normalized spacial score (nSPS) is 22.6. The second kappa shape index (κ2) is 4.65. The van der Waals surface area contributed by atoms with E-state index in [1.807, 2.05) is 0 Å². The quantitative estimate of drug-likeness (QED) is 0.570. The van der Waals surface area contributed by atoms with E-state index in [0.717, 1.165) is 18.6 Å². The number of carbonyl (C=O) groups excluding carboxylic acids is 1. The summed E-state index contributed by atoms with van der Waals surface area (Å²) >= 11 is 1.75. The highest BCUT2D eigenvalue weighted by Gasteiger charge is 2.19. The molecule has 5 heteroatoms. The van der Waals surface area contributed by atoms with Crippen molar-refractivity contribution >= 4 is 23.1 Å². The average Bonchev–Trinajstić information content (AvgIpc) is 2.64. The first-order valence-electron chi connectivity index (χ1n) is 5.35. The third kappa shape index (κ3) is 2.41. The molecule has 0 radical (unpaired) electrons. The van der Waals surface area contributed by atoms with Crippen LogP contribution in [0.25, 0.3) is 0 Å². The van der Waals surface area contributed by atoms with E-state index in [4.69, 9.17) is 5.73 Å². The predicted octanol–water partition coefficient (Wildman–Crippen LogP) is 2.09. The molecule has 0 fully saturated rings. The number of rotatable bonds is 1. The Labute approximate surface area is 98.5 Å². The third-order valence-electron chi connectivity index (χ3n) is 2.76. The van der Waals surface area contributed by atoms with Gasteiger partial charge in [-0.2, -0.15) is 5.10 Å². The lowest BCUT2D eigenvalue weighted by Crippen LogP contribution is -2.26. The highest BCUT2D eigenvalue weighted by atomic mass is 32.1. The van der Waals surface area contributed by atoms with Gasteiger partial charge in [0.05, 0.1) is 5.71 Å². The van der Waals surface area contributed by atoms with Gasteiger partial charge in [0.2, 0.25) is 0 Å². The van der Waals surface area contributed by atoms with Crippen molar-refractivity contribution in [2.75, 3.05) is 0 Å². The number of aryl methyl sites for hydroxylation is 1. The minimum absolute atomic E-state index is 0.591. The lowest BCUT2D eigenvalue weighted by molar-refractivity contribution is 0.249. The minimum atomic E-state index is -0.610. The van der Waals surface area contributed by atoms with Crippen molar-refractivity contribution in [1.82, 2.24) is 5.43 Å². The summed E-state index contributed by atoms with van der Waals surface area (Å²) in [5.41, 5.74) is 9.46. The monoisotopic (exact) mass is 237 g/mol. The number of nitrogens with one attached hydrogen (secondary N) is 1. The lowest BCUT2D eigenvalue weighted by Gasteiger charge is -2.07. The molecule has 1 aliphatic carbocycles. The summed E-state index contributed by atoms with van der Waals surface area (Å²) < 4.78 is 0. The number of primary amides is 1. The van der Waals surface area contributed by atoms with Crippen LogP contribution < -0.4 is 11.2 Å². The van der Waals surface area contributed by atoms with Gasteiger partial charge in [0, 0.05) is 10.4 Å². The summed E-state index contributed by atoms with van der Waals surface area (Å²) in [6, 6.07) is 1.46. The topological polar surface area (TPSA) is 67.5 Å². The van der Waals surface area contributed by atoms with Crippen LogP contribution in [0, 0.1) is 5.92 Å². The molecule has 4 nitrogen and oxygen atoms in total. The zero-order chi connectivity index (χ0) is 11.5. The van der Waals surface area contributed by atoms with E-state index < -0.39 is 6.03 Å². The number of urea groups is 1. The summed E-state index contributed by atoms with van der Waals surface area (Å²) in [7, 11) is 0. The number of nitrogens with two attached hydrogens (primary N) is 1. The van der Waals surface area contributed by atoms with Crippen LogP contribution in [0.2, 0.25) is 0 Å². The Kier molecular flexibility index (Phi) is 3.24. The zero-order valence-electron chi connectivity index (χ0n) is 9.19. The number of hydrogen-bond acceptors (Lipinski definition) is 3. The van der Waals surface area contributed by atoms with Gasteiger partial charge in [-0.05, 0) is 36.6 Å². The van der Waals surface area contributed by atoms with Gasteiger partial charge in [0.1, 0.15) is 0 Å². The largest absolute Gasteiger partial charge is 0.350 e. The van der Waals surface area contributed by atoms with Gasteiger partial charge in [-0.1, -0.05) is 6.92 Å². The molecule has 1 aromatic rings. The van der Waals surface area contributed by atoms with Crippen molar-refractivity contribution in [3.63, 3.8) is 0 Å². The van der Waals surface area contributed by atoms with Crippen LogP contribution in [0.15, 0.2) is 16.5 Å². The molecular weight excluding hydrogens is 222 g/mol. The molecule has 16 heavy (non-hydrogen) atoms. The molecule has 0 spiro atoms. The summed E-state index contributed by atoms with van der Waals surface area (Å²) in [5.74, 6) is 0.591. The van der Waals surface area contributed by atoms with Gasteiger partial charge >= 0.3 is 6.03 Å². The Hall–Kier alpha value is -1.36. The van der Waals surface area contributed by atoms with E-state index >= 15 is 0 Å². The Morgan fingerprint density at radius 1 is 1.69 bits per heavy atom. The molecule has 0 saturated heterocycles. The third-order valence-corrected chi connectivity index (χ3v) is 3.74. The molecule has 3 N–H and O–H groups in total. The van der Waals surface area contributed by atoms with Crippen LogP contribution in [-0.4, -0.2) is 11.7 Å².